The first-order valence-corrected chi connectivity index (χ1v) is 5.85. The predicted octanol–water partition coefficient (Wildman–Crippen LogP) is 2.10. The lowest BCUT2D eigenvalue weighted by Crippen LogP contribution is -2.24. The van der Waals surface area contributed by atoms with Crippen molar-refractivity contribution in [1.82, 2.24) is 10.3 Å². The number of aromatic amines is 1. The second-order valence-corrected chi connectivity index (χ2v) is 4.25. The van der Waals surface area contributed by atoms with Crippen molar-refractivity contribution in [3.8, 4) is 0 Å². The van der Waals surface area contributed by atoms with Crippen molar-refractivity contribution >= 4 is 17.5 Å². The Morgan fingerprint density at radius 3 is 2.79 bits per heavy atom. The summed E-state index contributed by atoms with van der Waals surface area (Å²) in [7, 11) is 0. The SMILES string of the molecule is O=C(NCc1ccccc1F)c1c[nH]c(=O)c(Cl)c1. The Kier molecular flexibility index (Phi) is 3.97. The highest BCUT2D eigenvalue weighted by molar-refractivity contribution is 6.30. The van der Waals surface area contributed by atoms with Crippen LogP contribution in [0.3, 0.4) is 0 Å². The molecule has 19 heavy (non-hydrogen) atoms. The minimum absolute atomic E-state index is 0.0578. The zero-order valence-corrected chi connectivity index (χ0v) is 10.5. The predicted molar refractivity (Wildman–Crippen MR) is 69.6 cm³/mol. The number of H-pyrrole nitrogens is 1. The molecule has 2 N–H and O–H groups in total. The normalized spacial score (nSPS) is 10.2. The van der Waals surface area contributed by atoms with Gasteiger partial charge in [0.15, 0.2) is 0 Å². The molecule has 0 fully saturated rings. The third-order valence-corrected chi connectivity index (χ3v) is 2.80. The van der Waals surface area contributed by atoms with E-state index in [4.69, 9.17) is 11.6 Å². The standard InChI is InChI=1S/C13H10ClFN2O2/c14-10-5-9(7-17-13(10)19)12(18)16-6-8-3-1-2-4-11(8)15/h1-5,7H,6H2,(H,16,18)(H,17,19). The number of rotatable bonds is 3. The van der Waals surface area contributed by atoms with Crippen LogP contribution in [-0.2, 0) is 6.54 Å². The van der Waals surface area contributed by atoms with Crippen molar-refractivity contribution in [1.29, 1.82) is 0 Å². The first-order valence-electron chi connectivity index (χ1n) is 5.48. The van der Waals surface area contributed by atoms with Crippen LogP contribution in [0.15, 0.2) is 41.3 Å². The zero-order valence-electron chi connectivity index (χ0n) is 9.74. The molecule has 4 nitrogen and oxygen atoms in total. The van der Waals surface area contributed by atoms with E-state index in [1.807, 2.05) is 0 Å². The summed E-state index contributed by atoms with van der Waals surface area (Å²) in [5.41, 5.74) is 0.125. The molecule has 0 aliphatic rings. The topological polar surface area (TPSA) is 62.0 Å². The van der Waals surface area contributed by atoms with E-state index in [9.17, 15) is 14.0 Å². The minimum atomic E-state index is -0.465. The highest BCUT2D eigenvalue weighted by Gasteiger charge is 2.09. The van der Waals surface area contributed by atoms with Crippen LogP contribution in [-0.4, -0.2) is 10.9 Å². The van der Waals surface area contributed by atoms with Gasteiger partial charge in [-0.25, -0.2) is 4.39 Å². The molecule has 6 heteroatoms. The molecule has 0 saturated carbocycles. The molecule has 1 heterocycles. The van der Waals surface area contributed by atoms with Crippen LogP contribution in [0.5, 0.6) is 0 Å². The maximum Gasteiger partial charge on any atom is 0.266 e. The van der Waals surface area contributed by atoms with Gasteiger partial charge in [-0.2, -0.15) is 0 Å². The number of amides is 1. The molecule has 0 atom stereocenters. The molecular weight excluding hydrogens is 271 g/mol. The number of carbonyl (C=O) groups is 1. The largest absolute Gasteiger partial charge is 0.348 e. The Morgan fingerprint density at radius 1 is 1.37 bits per heavy atom. The molecule has 2 aromatic rings. The number of nitrogens with one attached hydrogen (secondary N) is 2. The van der Waals surface area contributed by atoms with Crippen molar-refractivity contribution in [3.05, 3.63) is 68.8 Å². The molecule has 0 bridgehead atoms. The molecule has 1 amide bonds. The number of benzene rings is 1. The summed E-state index contributed by atoms with van der Waals surface area (Å²) >= 11 is 5.62. The Labute approximate surface area is 113 Å². The molecule has 1 aromatic heterocycles. The van der Waals surface area contributed by atoms with Gasteiger partial charge in [-0.3, -0.25) is 9.59 Å². The van der Waals surface area contributed by atoms with E-state index in [2.05, 4.69) is 10.3 Å². The fourth-order valence-corrected chi connectivity index (χ4v) is 1.68. The zero-order chi connectivity index (χ0) is 13.8. The Hall–Kier alpha value is -2.14. The average Bonchev–Trinajstić information content (AvgIpc) is 2.40. The van der Waals surface area contributed by atoms with E-state index in [0.717, 1.165) is 0 Å². The Bertz CT molecular complexity index is 670. The van der Waals surface area contributed by atoms with Gasteiger partial charge in [-0.05, 0) is 12.1 Å². The highest BCUT2D eigenvalue weighted by Crippen LogP contribution is 2.07. The summed E-state index contributed by atoms with van der Waals surface area (Å²) in [5.74, 6) is -0.830. The molecule has 0 aliphatic heterocycles. The van der Waals surface area contributed by atoms with E-state index in [1.165, 1.54) is 18.3 Å². The highest BCUT2D eigenvalue weighted by atomic mass is 35.5. The first-order chi connectivity index (χ1) is 9.08. The minimum Gasteiger partial charge on any atom is -0.348 e. The van der Waals surface area contributed by atoms with Gasteiger partial charge in [0.1, 0.15) is 10.8 Å². The van der Waals surface area contributed by atoms with Gasteiger partial charge in [0.05, 0.1) is 5.56 Å². The second kappa shape index (κ2) is 5.67. The summed E-state index contributed by atoms with van der Waals surface area (Å²) in [6.07, 6.45) is 1.25. The third-order valence-electron chi connectivity index (χ3n) is 2.52. The van der Waals surface area contributed by atoms with E-state index in [0.29, 0.717) is 5.56 Å². The van der Waals surface area contributed by atoms with Gasteiger partial charge in [-0.15, -0.1) is 0 Å². The van der Waals surface area contributed by atoms with Crippen LogP contribution in [0.25, 0.3) is 0 Å². The molecule has 2 rings (SSSR count). The van der Waals surface area contributed by atoms with Crippen LogP contribution < -0.4 is 10.9 Å². The van der Waals surface area contributed by atoms with E-state index >= 15 is 0 Å². The summed E-state index contributed by atoms with van der Waals surface area (Å²) in [6.45, 7) is 0.0578. The number of hydrogen-bond donors (Lipinski definition) is 2. The van der Waals surface area contributed by atoms with Crippen molar-refractivity contribution in [2.45, 2.75) is 6.54 Å². The van der Waals surface area contributed by atoms with Crippen molar-refractivity contribution in [2.75, 3.05) is 0 Å². The maximum atomic E-state index is 13.3. The van der Waals surface area contributed by atoms with Gasteiger partial charge in [0, 0.05) is 18.3 Å². The first kappa shape index (κ1) is 13.3. The van der Waals surface area contributed by atoms with Gasteiger partial charge >= 0.3 is 0 Å². The number of aromatic nitrogens is 1. The number of halogens is 2. The summed E-state index contributed by atoms with van der Waals surface area (Å²) < 4.78 is 13.3. The van der Waals surface area contributed by atoms with Crippen molar-refractivity contribution < 1.29 is 9.18 Å². The lowest BCUT2D eigenvalue weighted by atomic mass is 10.2. The molecular formula is C13H10ClFN2O2. The Balaban J connectivity index is 2.08. The van der Waals surface area contributed by atoms with Gasteiger partial charge in [0.25, 0.3) is 11.5 Å². The van der Waals surface area contributed by atoms with E-state index < -0.39 is 11.5 Å². The van der Waals surface area contributed by atoms with Gasteiger partial charge in [-0.1, -0.05) is 29.8 Å². The summed E-state index contributed by atoms with van der Waals surface area (Å²) in [6, 6.07) is 7.41. The second-order valence-electron chi connectivity index (χ2n) is 3.84. The fourth-order valence-electron chi connectivity index (χ4n) is 1.51. The Morgan fingerprint density at radius 2 is 2.11 bits per heavy atom. The summed E-state index contributed by atoms with van der Waals surface area (Å²) in [5, 5.41) is 2.47. The molecule has 1 aromatic carbocycles. The molecule has 0 radical (unpaired) electrons. The van der Waals surface area contributed by atoms with Crippen molar-refractivity contribution in [2.24, 2.45) is 0 Å². The van der Waals surface area contributed by atoms with Crippen LogP contribution >= 0.6 is 11.6 Å². The third kappa shape index (κ3) is 3.20. The molecule has 0 aliphatic carbocycles. The van der Waals surface area contributed by atoms with Gasteiger partial charge < -0.3 is 10.3 Å². The van der Waals surface area contributed by atoms with E-state index in [1.54, 1.807) is 18.2 Å². The number of pyridine rings is 1. The molecule has 0 unspecified atom stereocenters. The molecule has 98 valence electrons. The summed E-state index contributed by atoms with van der Waals surface area (Å²) in [4.78, 5) is 25.2. The smallest absolute Gasteiger partial charge is 0.266 e. The van der Waals surface area contributed by atoms with Crippen LogP contribution in [0.1, 0.15) is 15.9 Å². The quantitative estimate of drug-likeness (QED) is 0.904. The monoisotopic (exact) mass is 280 g/mol. The van der Waals surface area contributed by atoms with Crippen LogP contribution in [0.2, 0.25) is 5.02 Å². The number of hydrogen-bond acceptors (Lipinski definition) is 2. The molecule has 0 saturated heterocycles. The number of carbonyl (C=O) groups excluding carboxylic acids is 1. The molecule has 0 spiro atoms. The van der Waals surface area contributed by atoms with Gasteiger partial charge in [0.2, 0.25) is 0 Å². The fraction of sp³-hybridized carbons (Fsp3) is 0.0769. The average molecular weight is 281 g/mol. The van der Waals surface area contributed by atoms with Crippen LogP contribution in [0.4, 0.5) is 4.39 Å². The lowest BCUT2D eigenvalue weighted by Gasteiger charge is -2.06. The van der Waals surface area contributed by atoms with Crippen LogP contribution in [0, 0.1) is 5.82 Å². The van der Waals surface area contributed by atoms with E-state index in [-0.39, 0.29) is 22.9 Å². The van der Waals surface area contributed by atoms with Crippen molar-refractivity contribution in [3.63, 3.8) is 0 Å². The maximum absolute atomic E-state index is 13.3. The lowest BCUT2D eigenvalue weighted by molar-refractivity contribution is 0.0950.